The third kappa shape index (κ3) is 2.22. The largest absolute Gasteiger partial charge is 0.332 e. The van der Waals surface area contributed by atoms with E-state index in [2.05, 4.69) is 16.1 Å². The Morgan fingerprint density at radius 3 is 2.64 bits per heavy atom. The minimum Gasteiger partial charge on any atom is -0.311 e. The van der Waals surface area contributed by atoms with Crippen molar-refractivity contribution in [3.8, 4) is 0 Å². The van der Waals surface area contributed by atoms with Crippen LogP contribution in [0.15, 0.2) is 27.9 Å². The molecule has 0 N–H and O–H groups in total. The van der Waals surface area contributed by atoms with Crippen LogP contribution in [0.3, 0.4) is 0 Å². The van der Waals surface area contributed by atoms with Gasteiger partial charge >= 0.3 is 5.69 Å². The van der Waals surface area contributed by atoms with Gasteiger partial charge in [0.2, 0.25) is 5.78 Å². The average Bonchev–Trinajstić information content (AvgIpc) is 3.24. The number of aryl methyl sites for hydroxylation is 2. The van der Waals surface area contributed by atoms with Gasteiger partial charge in [-0.3, -0.25) is 18.3 Å². The fraction of sp³-hybridized carbons (Fsp3) is 0.500. The van der Waals surface area contributed by atoms with E-state index in [1.54, 1.807) is 7.05 Å². The van der Waals surface area contributed by atoms with Crippen molar-refractivity contribution in [3.63, 3.8) is 0 Å². The summed E-state index contributed by atoms with van der Waals surface area (Å²) < 4.78 is 6.77. The van der Waals surface area contributed by atoms with Crippen LogP contribution in [0.4, 0.5) is 0 Å². The normalized spacial score (nSPS) is 15.6. The molecule has 0 atom stereocenters. The van der Waals surface area contributed by atoms with E-state index in [0.717, 1.165) is 29.9 Å². The maximum atomic E-state index is 13.0. The lowest BCUT2D eigenvalue weighted by molar-refractivity contribution is 0.520. The first-order valence-corrected chi connectivity index (χ1v) is 8.74. The van der Waals surface area contributed by atoms with Gasteiger partial charge in [-0.15, -0.1) is 0 Å². The Morgan fingerprint density at radius 1 is 1.32 bits per heavy atom. The number of hydrogen-bond acceptors (Lipinski definition) is 3. The van der Waals surface area contributed by atoms with Crippen LogP contribution in [0.1, 0.15) is 44.3 Å². The first-order valence-electron chi connectivity index (χ1n) is 8.74. The summed E-state index contributed by atoms with van der Waals surface area (Å²) in [4.78, 5) is 30.2. The highest BCUT2D eigenvalue weighted by atomic mass is 16.2. The lowest BCUT2D eigenvalue weighted by Crippen LogP contribution is -2.39. The highest BCUT2D eigenvalue weighted by molar-refractivity contribution is 5.75. The molecule has 3 heterocycles. The highest BCUT2D eigenvalue weighted by Crippen LogP contribution is 2.32. The van der Waals surface area contributed by atoms with Crippen LogP contribution in [0.25, 0.3) is 16.9 Å². The molecule has 132 valence electrons. The zero-order valence-electron chi connectivity index (χ0n) is 14.9. The Labute approximate surface area is 144 Å². The van der Waals surface area contributed by atoms with Crippen LogP contribution in [0.2, 0.25) is 0 Å². The van der Waals surface area contributed by atoms with Crippen molar-refractivity contribution in [2.45, 2.75) is 52.1 Å². The van der Waals surface area contributed by atoms with Gasteiger partial charge in [0, 0.05) is 25.0 Å². The van der Waals surface area contributed by atoms with Gasteiger partial charge in [-0.05, 0) is 26.7 Å². The van der Waals surface area contributed by atoms with E-state index in [-0.39, 0.29) is 17.8 Å². The highest BCUT2D eigenvalue weighted by Gasteiger charge is 2.25. The van der Waals surface area contributed by atoms with Crippen molar-refractivity contribution in [1.82, 2.24) is 23.1 Å². The van der Waals surface area contributed by atoms with Crippen molar-refractivity contribution in [3.05, 3.63) is 44.9 Å². The number of nitrogens with zero attached hydrogens (tertiary/aromatic N) is 5. The SMILES string of the molecule is C=C(C)Cn1c(=O)c2c(nc3n(C4CCCC4)c(C)cn23)n(C)c1=O. The third-order valence-electron chi connectivity index (χ3n) is 5.19. The Kier molecular flexibility index (Phi) is 3.49. The summed E-state index contributed by atoms with van der Waals surface area (Å²) in [6, 6.07) is 0.420. The maximum Gasteiger partial charge on any atom is 0.332 e. The van der Waals surface area contributed by atoms with E-state index < -0.39 is 0 Å². The van der Waals surface area contributed by atoms with E-state index in [0.29, 0.717) is 17.2 Å². The molecule has 7 nitrogen and oxygen atoms in total. The molecule has 3 aromatic rings. The van der Waals surface area contributed by atoms with Crippen LogP contribution in [-0.2, 0) is 13.6 Å². The standard InChI is InChI=1S/C18H23N5O2/c1-11(2)9-22-16(24)14-15(20(4)18(22)25)19-17-21(14)10-12(3)23(17)13-7-5-6-8-13/h10,13H,1,5-9H2,2-4H3. The van der Waals surface area contributed by atoms with Crippen LogP contribution in [0.5, 0.6) is 0 Å². The molecule has 0 aromatic carbocycles. The van der Waals surface area contributed by atoms with Crippen molar-refractivity contribution in [1.29, 1.82) is 0 Å². The second-order valence-electron chi connectivity index (χ2n) is 7.22. The molecule has 1 fully saturated rings. The average molecular weight is 341 g/mol. The summed E-state index contributed by atoms with van der Waals surface area (Å²) in [5.41, 5.74) is 2.09. The fourth-order valence-electron chi connectivity index (χ4n) is 4.05. The first kappa shape index (κ1) is 15.9. The summed E-state index contributed by atoms with van der Waals surface area (Å²) in [6.07, 6.45) is 6.66. The number of fused-ring (bicyclic) bond motifs is 3. The van der Waals surface area contributed by atoms with Gasteiger partial charge < -0.3 is 4.57 Å². The summed E-state index contributed by atoms with van der Waals surface area (Å²) in [5.74, 6) is 0.750. The third-order valence-corrected chi connectivity index (χ3v) is 5.19. The van der Waals surface area contributed by atoms with Crippen molar-refractivity contribution in [2.75, 3.05) is 0 Å². The number of imidazole rings is 2. The first-order chi connectivity index (χ1) is 11.9. The summed E-state index contributed by atoms with van der Waals surface area (Å²) >= 11 is 0. The molecular formula is C18H23N5O2. The second kappa shape index (κ2) is 5.47. The van der Waals surface area contributed by atoms with Crippen LogP contribution >= 0.6 is 0 Å². The molecular weight excluding hydrogens is 318 g/mol. The van der Waals surface area contributed by atoms with E-state index in [1.807, 2.05) is 24.4 Å². The van der Waals surface area contributed by atoms with Gasteiger partial charge in [0.25, 0.3) is 5.56 Å². The molecule has 0 aliphatic heterocycles. The molecule has 0 spiro atoms. The lowest BCUT2D eigenvalue weighted by Gasteiger charge is -2.13. The van der Waals surface area contributed by atoms with Gasteiger partial charge in [-0.25, -0.2) is 4.79 Å². The zero-order chi connectivity index (χ0) is 17.9. The smallest absolute Gasteiger partial charge is 0.311 e. The maximum absolute atomic E-state index is 13.0. The van der Waals surface area contributed by atoms with Crippen LogP contribution in [0, 0.1) is 6.92 Å². The van der Waals surface area contributed by atoms with Gasteiger partial charge in [0.05, 0.1) is 6.54 Å². The zero-order valence-corrected chi connectivity index (χ0v) is 14.9. The monoisotopic (exact) mass is 341 g/mol. The summed E-state index contributed by atoms with van der Waals surface area (Å²) in [5, 5.41) is 0. The Hall–Kier alpha value is -2.57. The number of allylic oxidation sites excluding steroid dienone is 1. The Morgan fingerprint density at radius 2 is 2.00 bits per heavy atom. The van der Waals surface area contributed by atoms with Gasteiger partial charge in [0.1, 0.15) is 0 Å². The van der Waals surface area contributed by atoms with E-state index in [9.17, 15) is 9.59 Å². The minimum atomic E-state index is -0.356. The number of hydrogen-bond donors (Lipinski definition) is 0. The van der Waals surface area contributed by atoms with Gasteiger partial charge in [-0.2, -0.15) is 4.98 Å². The molecule has 25 heavy (non-hydrogen) atoms. The van der Waals surface area contributed by atoms with Crippen molar-refractivity contribution in [2.24, 2.45) is 7.05 Å². The van der Waals surface area contributed by atoms with E-state index in [4.69, 9.17) is 0 Å². The topological polar surface area (TPSA) is 66.2 Å². The van der Waals surface area contributed by atoms with Crippen molar-refractivity contribution < 1.29 is 0 Å². The number of aromatic nitrogens is 5. The fourth-order valence-corrected chi connectivity index (χ4v) is 4.05. The predicted molar refractivity (Wildman–Crippen MR) is 97.2 cm³/mol. The van der Waals surface area contributed by atoms with Crippen molar-refractivity contribution >= 4 is 16.9 Å². The van der Waals surface area contributed by atoms with Crippen LogP contribution < -0.4 is 11.2 Å². The molecule has 0 unspecified atom stereocenters. The summed E-state index contributed by atoms with van der Waals surface area (Å²) in [7, 11) is 1.66. The van der Waals surface area contributed by atoms with Gasteiger partial charge in [0.15, 0.2) is 11.2 Å². The quantitative estimate of drug-likeness (QED) is 0.686. The molecule has 1 saturated carbocycles. The Balaban J connectivity index is 2.09. The van der Waals surface area contributed by atoms with Gasteiger partial charge in [-0.1, -0.05) is 25.0 Å². The minimum absolute atomic E-state index is 0.219. The molecule has 3 aromatic heterocycles. The lowest BCUT2D eigenvalue weighted by atomic mass is 10.2. The number of rotatable bonds is 3. The molecule has 0 bridgehead atoms. The second-order valence-corrected chi connectivity index (χ2v) is 7.22. The molecule has 4 rings (SSSR count). The van der Waals surface area contributed by atoms with Crippen LogP contribution in [-0.4, -0.2) is 23.1 Å². The molecule has 7 heteroatoms. The summed E-state index contributed by atoms with van der Waals surface area (Å²) in [6.45, 7) is 7.90. The predicted octanol–water partition coefficient (Wildman–Crippen LogP) is 2.15. The molecule has 1 aliphatic carbocycles. The van der Waals surface area contributed by atoms with E-state index >= 15 is 0 Å². The molecule has 1 aliphatic rings. The molecule has 0 radical (unpaired) electrons. The van der Waals surface area contributed by atoms with E-state index in [1.165, 1.54) is 22.0 Å². The molecule has 0 saturated heterocycles. The Bertz CT molecular complexity index is 1120. The molecule has 0 amide bonds.